The number of rotatable bonds is 2. The molecule has 1 aromatic rings. The van der Waals surface area contributed by atoms with Crippen LogP contribution in [0.4, 0.5) is 5.69 Å². The number of benzene rings is 1. The Bertz CT molecular complexity index is 351. The number of hydrogen-bond acceptors (Lipinski definition) is 3. The number of nitrogen functional groups attached to an aromatic ring is 1. The van der Waals surface area contributed by atoms with E-state index >= 15 is 0 Å². The van der Waals surface area contributed by atoms with Crippen LogP contribution in [0.1, 0.15) is 25.3 Å². The molecular formula is C12H18N2O. The Morgan fingerprint density at radius 1 is 1.53 bits per heavy atom. The first kappa shape index (κ1) is 10.3. The molecule has 1 aliphatic heterocycles. The van der Waals surface area contributed by atoms with Gasteiger partial charge in [-0.3, -0.25) is 4.90 Å². The average molecular weight is 206 g/mol. The number of anilines is 1. The van der Waals surface area contributed by atoms with Crippen LogP contribution in [0.5, 0.6) is 5.75 Å². The first-order valence-corrected chi connectivity index (χ1v) is 5.48. The van der Waals surface area contributed by atoms with Crippen LogP contribution in [-0.2, 0) is 6.54 Å². The standard InChI is InChI=1S/C12H18N2O/c1-9-3-2-6-14(9)8-10-4-5-11(13)12(15)7-10/h4-5,7,9,15H,2-3,6,8,13H2,1H3. The van der Waals surface area contributed by atoms with Gasteiger partial charge in [0.25, 0.3) is 0 Å². The maximum absolute atomic E-state index is 9.50. The van der Waals surface area contributed by atoms with E-state index in [1.54, 1.807) is 12.1 Å². The van der Waals surface area contributed by atoms with Gasteiger partial charge < -0.3 is 10.8 Å². The highest BCUT2D eigenvalue weighted by atomic mass is 16.3. The average Bonchev–Trinajstić information content (AvgIpc) is 2.59. The molecule has 0 aromatic heterocycles. The topological polar surface area (TPSA) is 49.5 Å². The van der Waals surface area contributed by atoms with E-state index in [0.717, 1.165) is 18.7 Å². The molecule has 1 unspecified atom stereocenters. The molecule has 1 heterocycles. The van der Waals surface area contributed by atoms with Gasteiger partial charge in [0.05, 0.1) is 5.69 Å². The molecule has 0 bridgehead atoms. The smallest absolute Gasteiger partial charge is 0.138 e. The molecule has 0 aliphatic carbocycles. The lowest BCUT2D eigenvalue weighted by Gasteiger charge is -2.21. The zero-order chi connectivity index (χ0) is 10.8. The lowest BCUT2D eigenvalue weighted by molar-refractivity contribution is 0.260. The van der Waals surface area contributed by atoms with Crippen LogP contribution in [0.2, 0.25) is 0 Å². The van der Waals surface area contributed by atoms with Crippen LogP contribution in [0.15, 0.2) is 18.2 Å². The summed E-state index contributed by atoms with van der Waals surface area (Å²) in [4.78, 5) is 2.44. The second kappa shape index (κ2) is 4.11. The summed E-state index contributed by atoms with van der Waals surface area (Å²) in [5.74, 6) is 0.194. The van der Waals surface area contributed by atoms with Gasteiger partial charge in [0.15, 0.2) is 0 Å². The molecular weight excluding hydrogens is 188 g/mol. The fraction of sp³-hybridized carbons (Fsp3) is 0.500. The molecule has 2 rings (SSSR count). The van der Waals surface area contributed by atoms with Crippen molar-refractivity contribution in [3.05, 3.63) is 23.8 Å². The highest BCUT2D eigenvalue weighted by Crippen LogP contribution is 2.24. The van der Waals surface area contributed by atoms with Crippen LogP contribution in [0.3, 0.4) is 0 Å². The third-order valence-corrected chi connectivity index (χ3v) is 3.17. The first-order valence-electron chi connectivity index (χ1n) is 5.48. The minimum atomic E-state index is 0.194. The molecule has 3 heteroatoms. The van der Waals surface area contributed by atoms with Gasteiger partial charge in [-0.2, -0.15) is 0 Å². The molecule has 82 valence electrons. The van der Waals surface area contributed by atoms with Crippen molar-refractivity contribution in [2.75, 3.05) is 12.3 Å². The third-order valence-electron chi connectivity index (χ3n) is 3.17. The molecule has 1 atom stereocenters. The molecule has 1 aromatic carbocycles. The lowest BCUT2D eigenvalue weighted by atomic mass is 10.1. The first-order chi connectivity index (χ1) is 7.16. The molecule has 0 saturated carbocycles. The normalized spacial score (nSPS) is 22.1. The van der Waals surface area contributed by atoms with Gasteiger partial charge in [0.2, 0.25) is 0 Å². The summed E-state index contributed by atoms with van der Waals surface area (Å²) in [6.07, 6.45) is 2.56. The van der Waals surface area contributed by atoms with E-state index in [4.69, 9.17) is 5.73 Å². The van der Waals surface area contributed by atoms with Crippen LogP contribution in [0.25, 0.3) is 0 Å². The fourth-order valence-electron chi connectivity index (χ4n) is 2.15. The van der Waals surface area contributed by atoms with E-state index in [0.29, 0.717) is 11.7 Å². The van der Waals surface area contributed by atoms with Gasteiger partial charge in [-0.25, -0.2) is 0 Å². The van der Waals surface area contributed by atoms with Gasteiger partial charge in [0.1, 0.15) is 5.75 Å². The van der Waals surface area contributed by atoms with E-state index in [1.165, 1.54) is 12.8 Å². The van der Waals surface area contributed by atoms with E-state index < -0.39 is 0 Å². The third kappa shape index (κ3) is 2.23. The molecule has 0 spiro atoms. The number of nitrogens with two attached hydrogens (primary N) is 1. The summed E-state index contributed by atoms with van der Waals surface area (Å²) < 4.78 is 0. The van der Waals surface area contributed by atoms with Crippen LogP contribution in [-0.4, -0.2) is 22.6 Å². The maximum Gasteiger partial charge on any atom is 0.138 e. The van der Waals surface area contributed by atoms with Crippen molar-refractivity contribution < 1.29 is 5.11 Å². The summed E-state index contributed by atoms with van der Waals surface area (Å²) in [6, 6.07) is 6.18. The predicted molar refractivity (Wildman–Crippen MR) is 61.6 cm³/mol. The number of aromatic hydroxyl groups is 1. The maximum atomic E-state index is 9.50. The monoisotopic (exact) mass is 206 g/mol. The van der Waals surface area contributed by atoms with Gasteiger partial charge >= 0.3 is 0 Å². The molecule has 3 N–H and O–H groups in total. The van der Waals surface area contributed by atoms with E-state index in [9.17, 15) is 5.11 Å². The SMILES string of the molecule is CC1CCCN1Cc1ccc(N)c(O)c1. The highest BCUT2D eigenvalue weighted by molar-refractivity contribution is 5.52. The number of nitrogens with zero attached hydrogens (tertiary/aromatic N) is 1. The van der Waals surface area contributed by atoms with Crippen molar-refractivity contribution in [1.29, 1.82) is 0 Å². The Morgan fingerprint density at radius 2 is 2.33 bits per heavy atom. The molecule has 1 saturated heterocycles. The minimum absolute atomic E-state index is 0.194. The van der Waals surface area contributed by atoms with Crippen molar-refractivity contribution in [2.24, 2.45) is 0 Å². The van der Waals surface area contributed by atoms with Crippen LogP contribution in [0, 0.1) is 0 Å². The van der Waals surface area contributed by atoms with Crippen LogP contribution >= 0.6 is 0 Å². The lowest BCUT2D eigenvalue weighted by Crippen LogP contribution is -2.26. The number of phenolic OH excluding ortho intramolecular Hbond substituents is 1. The predicted octanol–water partition coefficient (Wildman–Crippen LogP) is 1.96. The molecule has 15 heavy (non-hydrogen) atoms. The molecule has 0 amide bonds. The quantitative estimate of drug-likeness (QED) is 0.574. The second-order valence-electron chi connectivity index (χ2n) is 4.35. The number of phenols is 1. The zero-order valence-corrected chi connectivity index (χ0v) is 9.11. The van der Waals surface area contributed by atoms with E-state index in [1.807, 2.05) is 6.07 Å². The van der Waals surface area contributed by atoms with Gasteiger partial charge in [-0.15, -0.1) is 0 Å². The number of likely N-dealkylation sites (tertiary alicyclic amines) is 1. The van der Waals surface area contributed by atoms with Gasteiger partial charge in [-0.1, -0.05) is 6.07 Å². The largest absolute Gasteiger partial charge is 0.506 e. The van der Waals surface area contributed by atoms with Crippen molar-refractivity contribution in [1.82, 2.24) is 4.90 Å². The summed E-state index contributed by atoms with van der Waals surface area (Å²) in [5, 5.41) is 9.50. The van der Waals surface area contributed by atoms with Crippen molar-refractivity contribution in [2.45, 2.75) is 32.4 Å². The van der Waals surface area contributed by atoms with Gasteiger partial charge in [-0.05, 0) is 44.0 Å². The second-order valence-corrected chi connectivity index (χ2v) is 4.35. The van der Waals surface area contributed by atoms with E-state index in [-0.39, 0.29) is 5.75 Å². The summed E-state index contributed by atoms with van der Waals surface area (Å²) in [6.45, 7) is 4.32. The van der Waals surface area contributed by atoms with Crippen LogP contribution < -0.4 is 5.73 Å². The zero-order valence-electron chi connectivity index (χ0n) is 9.11. The Morgan fingerprint density at radius 3 is 2.93 bits per heavy atom. The fourth-order valence-corrected chi connectivity index (χ4v) is 2.15. The Balaban J connectivity index is 2.07. The number of hydrogen-bond donors (Lipinski definition) is 2. The van der Waals surface area contributed by atoms with Gasteiger partial charge in [0, 0.05) is 12.6 Å². The summed E-state index contributed by atoms with van der Waals surface area (Å²) in [7, 11) is 0. The minimum Gasteiger partial charge on any atom is -0.506 e. The van der Waals surface area contributed by atoms with E-state index in [2.05, 4.69) is 11.8 Å². The Hall–Kier alpha value is -1.22. The Labute approximate surface area is 90.5 Å². The summed E-state index contributed by atoms with van der Waals surface area (Å²) >= 11 is 0. The molecule has 1 fully saturated rings. The highest BCUT2D eigenvalue weighted by Gasteiger charge is 2.20. The van der Waals surface area contributed by atoms with Crippen molar-refractivity contribution >= 4 is 5.69 Å². The molecule has 3 nitrogen and oxygen atoms in total. The van der Waals surface area contributed by atoms with Crippen molar-refractivity contribution in [3.8, 4) is 5.75 Å². The Kier molecular flexibility index (Phi) is 2.82. The molecule has 1 aliphatic rings. The van der Waals surface area contributed by atoms with Crippen molar-refractivity contribution in [3.63, 3.8) is 0 Å². The summed E-state index contributed by atoms with van der Waals surface area (Å²) in [5.41, 5.74) is 7.15. The molecule has 0 radical (unpaired) electrons.